The SMILES string of the molecule is CN1CCNCC1c1noc(C2C3CCCC32)n1.Cl. The number of piperazine rings is 1. The number of halogens is 1. The van der Waals surface area contributed by atoms with Crippen molar-refractivity contribution in [3.63, 3.8) is 0 Å². The van der Waals surface area contributed by atoms with Crippen molar-refractivity contribution in [3.8, 4) is 0 Å². The van der Waals surface area contributed by atoms with E-state index < -0.39 is 0 Å². The molecule has 3 atom stereocenters. The van der Waals surface area contributed by atoms with Crippen LogP contribution in [0.2, 0.25) is 0 Å². The summed E-state index contributed by atoms with van der Waals surface area (Å²) in [6.45, 7) is 3.01. The van der Waals surface area contributed by atoms with Crippen LogP contribution in [0, 0.1) is 11.8 Å². The third-order valence-electron chi connectivity index (χ3n) is 4.96. The van der Waals surface area contributed by atoms with E-state index in [-0.39, 0.29) is 18.4 Å². The van der Waals surface area contributed by atoms with Crippen LogP contribution < -0.4 is 5.32 Å². The largest absolute Gasteiger partial charge is 0.339 e. The molecule has 2 heterocycles. The van der Waals surface area contributed by atoms with Gasteiger partial charge in [0.15, 0.2) is 5.82 Å². The number of nitrogens with one attached hydrogen (secondary N) is 1. The maximum Gasteiger partial charge on any atom is 0.230 e. The number of likely N-dealkylation sites (N-methyl/N-ethyl adjacent to an activating group) is 1. The highest BCUT2D eigenvalue weighted by molar-refractivity contribution is 5.85. The van der Waals surface area contributed by atoms with Gasteiger partial charge in [-0.2, -0.15) is 4.98 Å². The Morgan fingerprint density at radius 3 is 2.84 bits per heavy atom. The molecule has 1 N–H and O–H groups in total. The van der Waals surface area contributed by atoms with Gasteiger partial charge < -0.3 is 9.84 Å². The summed E-state index contributed by atoms with van der Waals surface area (Å²) in [5, 5.41) is 7.61. The van der Waals surface area contributed by atoms with Gasteiger partial charge in [-0.1, -0.05) is 11.6 Å². The first-order chi connectivity index (χ1) is 8.84. The molecule has 3 unspecified atom stereocenters. The van der Waals surface area contributed by atoms with Gasteiger partial charge in [0.1, 0.15) is 0 Å². The van der Waals surface area contributed by atoms with Crippen molar-refractivity contribution in [1.82, 2.24) is 20.4 Å². The molecule has 19 heavy (non-hydrogen) atoms. The van der Waals surface area contributed by atoms with Crippen LogP contribution >= 0.6 is 12.4 Å². The molecule has 1 aromatic heterocycles. The van der Waals surface area contributed by atoms with Crippen LogP contribution in [0.4, 0.5) is 0 Å². The van der Waals surface area contributed by atoms with Crippen molar-refractivity contribution in [2.45, 2.75) is 31.2 Å². The zero-order valence-corrected chi connectivity index (χ0v) is 12.0. The summed E-state index contributed by atoms with van der Waals surface area (Å²) in [7, 11) is 2.13. The number of hydrogen-bond acceptors (Lipinski definition) is 5. The van der Waals surface area contributed by atoms with E-state index in [1.54, 1.807) is 0 Å². The summed E-state index contributed by atoms with van der Waals surface area (Å²) in [6, 6.07) is 0.273. The van der Waals surface area contributed by atoms with Crippen LogP contribution in [0.1, 0.15) is 42.9 Å². The molecular weight excluding hydrogens is 264 g/mol. The molecule has 1 saturated heterocycles. The van der Waals surface area contributed by atoms with Crippen LogP contribution in [0.3, 0.4) is 0 Å². The Bertz CT molecular complexity index is 442. The fraction of sp³-hybridized carbons (Fsp3) is 0.846. The predicted octanol–water partition coefficient (Wildman–Crippen LogP) is 1.58. The zero-order valence-electron chi connectivity index (χ0n) is 11.2. The Hall–Kier alpha value is -0.650. The van der Waals surface area contributed by atoms with E-state index in [1.807, 2.05) is 0 Å². The Morgan fingerprint density at radius 1 is 1.32 bits per heavy atom. The second kappa shape index (κ2) is 5.04. The number of aromatic nitrogens is 2. The second-order valence-corrected chi connectivity index (χ2v) is 5.98. The summed E-state index contributed by atoms with van der Waals surface area (Å²) >= 11 is 0. The summed E-state index contributed by atoms with van der Waals surface area (Å²) in [6.07, 6.45) is 4.11. The monoisotopic (exact) mass is 284 g/mol. The third-order valence-corrected chi connectivity index (χ3v) is 4.96. The fourth-order valence-electron chi connectivity index (χ4n) is 3.80. The quantitative estimate of drug-likeness (QED) is 0.894. The molecule has 2 aliphatic carbocycles. The average Bonchev–Trinajstić information content (AvgIpc) is 2.82. The zero-order chi connectivity index (χ0) is 12.1. The van der Waals surface area contributed by atoms with Gasteiger partial charge in [-0.25, -0.2) is 0 Å². The number of fused-ring (bicyclic) bond motifs is 1. The average molecular weight is 285 g/mol. The molecule has 5 nitrogen and oxygen atoms in total. The third kappa shape index (κ3) is 2.18. The lowest BCUT2D eigenvalue weighted by Gasteiger charge is -2.30. The highest BCUT2D eigenvalue weighted by Gasteiger charge is 2.56. The van der Waals surface area contributed by atoms with E-state index in [0.717, 1.165) is 43.2 Å². The van der Waals surface area contributed by atoms with Gasteiger partial charge in [-0.3, -0.25) is 4.90 Å². The van der Waals surface area contributed by atoms with Gasteiger partial charge in [-0.15, -0.1) is 12.4 Å². The molecule has 6 heteroatoms. The molecular formula is C13H21ClN4O. The molecule has 106 valence electrons. The predicted molar refractivity (Wildman–Crippen MR) is 73.4 cm³/mol. The van der Waals surface area contributed by atoms with Crippen molar-refractivity contribution in [1.29, 1.82) is 0 Å². The summed E-state index contributed by atoms with van der Waals surface area (Å²) in [4.78, 5) is 6.97. The normalized spacial score (nSPS) is 37.7. The number of nitrogens with zero attached hydrogens (tertiary/aromatic N) is 3. The lowest BCUT2D eigenvalue weighted by Crippen LogP contribution is -2.44. The minimum Gasteiger partial charge on any atom is -0.339 e. The van der Waals surface area contributed by atoms with Crippen molar-refractivity contribution in [2.24, 2.45) is 11.8 Å². The van der Waals surface area contributed by atoms with Crippen LogP contribution in [0.25, 0.3) is 0 Å². The molecule has 0 aromatic carbocycles. The van der Waals surface area contributed by atoms with Crippen LogP contribution in [-0.2, 0) is 0 Å². The highest BCUT2D eigenvalue weighted by atomic mass is 35.5. The topological polar surface area (TPSA) is 54.2 Å². The van der Waals surface area contributed by atoms with Crippen molar-refractivity contribution in [2.75, 3.05) is 26.7 Å². The summed E-state index contributed by atoms with van der Waals surface area (Å²) < 4.78 is 5.51. The van der Waals surface area contributed by atoms with Crippen LogP contribution in [-0.4, -0.2) is 41.7 Å². The fourth-order valence-corrected chi connectivity index (χ4v) is 3.80. The lowest BCUT2D eigenvalue weighted by atomic mass is 10.1. The minimum atomic E-state index is 0. The van der Waals surface area contributed by atoms with Gasteiger partial charge >= 0.3 is 0 Å². The lowest BCUT2D eigenvalue weighted by molar-refractivity contribution is 0.190. The van der Waals surface area contributed by atoms with Gasteiger partial charge in [0.2, 0.25) is 5.89 Å². The van der Waals surface area contributed by atoms with Gasteiger partial charge in [0.25, 0.3) is 0 Å². The Morgan fingerprint density at radius 2 is 2.11 bits per heavy atom. The van der Waals surface area contributed by atoms with Gasteiger partial charge in [-0.05, 0) is 31.7 Å². The van der Waals surface area contributed by atoms with Crippen LogP contribution in [0.5, 0.6) is 0 Å². The molecule has 0 amide bonds. The molecule has 3 aliphatic rings. The van der Waals surface area contributed by atoms with E-state index >= 15 is 0 Å². The molecule has 1 aliphatic heterocycles. The van der Waals surface area contributed by atoms with E-state index in [1.165, 1.54) is 19.3 Å². The van der Waals surface area contributed by atoms with Crippen molar-refractivity contribution in [3.05, 3.63) is 11.7 Å². The maximum atomic E-state index is 5.51. The molecule has 4 rings (SSSR count). The first-order valence-electron chi connectivity index (χ1n) is 7.09. The Labute approximate surface area is 119 Å². The summed E-state index contributed by atoms with van der Waals surface area (Å²) in [5.41, 5.74) is 0. The first kappa shape index (κ1) is 13.3. The van der Waals surface area contributed by atoms with Crippen molar-refractivity contribution < 1.29 is 4.52 Å². The van der Waals surface area contributed by atoms with E-state index in [4.69, 9.17) is 4.52 Å². The minimum absolute atomic E-state index is 0. The van der Waals surface area contributed by atoms with Crippen molar-refractivity contribution >= 4 is 12.4 Å². The second-order valence-electron chi connectivity index (χ2n) is 5.98. The molecule has 0 radical (unpaired) electrons. The number of hydrogen-bond donors (Lipinski definition) is 1. The van der Waals surface area contributed by atoms with E-state index in [0.29, 0.717) is 5.92 Å². The molecule has 1 aromatic rings. The summed E-state index contributed by atoms with van der Waals surface area (Å²) in [5.74, 6) is 4.05. The number of rotatable bonds is 2. The smallest absolute Gasteiger partial charge is 0.230 e. The van der Waals surface area contributed by atoms with E-state index in [2.05, 4.69) is 27.4 Å². The molecule has 0 bridgehead atoms. The maximum absolute atomic E-state index is 5.51. The molecule has 0 spiro atoms. The van der Waals surface area contributed by atoms with E-state index in [9.17, 15) is 0 Å². The molecule has 2 saturated carbocycles. The van der Waals surface area contributed by atoms with Gasteiger partial charge in [0.05, 0.1) is 6.04 Å². The first-order valence-corrected chi connectivity index (χ1v) is 7.09. The van der Waals surface area contributed by atoms with Crippen LogP contribution in [0.15, 0.2) is 4.52 Å². The van der Waals surface area contributed by atoms with Gasteiger partial charge in [0, 0.05) is 25.6 Å². The standard InChI is InChI=1S/C13H20N4O.ClH/c1-17-6-5-14-7-10(17)12-15-13(18-16-12)11-8-3-2-4-9(8)11;/h8-11,14H,2-7H2,1H3;1H. The Balaban J connectivity index is 0.00000110. The Kier molecular flexibility index (Phi) is 3.53. The highest BCUT2D eigenvalue weighted by Crippen LogP contribution is 2.62. The molecule has 3 fully saturated rings.